The number of nitrogens with zero attached hydrogens (tertiary/aromatic N) is 2. The van der Waals surface area contributed by atoms with Crippen molar-refractivity contribution in [1.29, 1.82) is 0 Å². The Hall–Kier alpha value is -1.53. The Balaban J connectivity index is 2.60. The number of aromatic nitrogens is 2. The van der Waals surface area contributed by atoms with Crippen LogP contribution in [-0.2, 0) is 12.5 Å². The molecule has 0 aliphatic heterocycles. The molecule has 1 aromatic heterocycles. The van der Waals surface area contributed by atoms with Crippen LogP contribution in [-0.4, -0.2) is 10.1 Å². The maximum atomic E-state index is 13.6. The number of nitrogens with two attached hydrogens (primary N) is 1. The van der Waals surface area contributed by atoms with Gasteiger partial charge in [0, 0.05) is 12.5 Å². The molecule has 2 N–H and O–H groups in total. The molecular weight excluding hydrogens is 264 g/mol. The molecule has 0 amide bonds. The van der Waals surface area contributed by atoms with Crippen LogP contribution in [0.2, 0.25) is 5.02 Å². The van der Waals surface area contributed by atoms with Gasteiger partial charge in [0.1, 0.15) is 0 Å². The van der Waals surface area contributed by atoms with Gasteiger partial charge in [-0.2, -0.15) is 4.98 Å². The second-order valence-corrected chi connectivity index (χ2v) is 4.17. The molecule has 0 spiro atoms. The van der Waals surface area contributed by atoms with Crippen LogP contribution in [0.15, 0.2) is 22.7 Å². The van der Waals surface area contributed by atoms with E-state index in [0.29, 0.717) is 0 Å². The van der Waals surface area contributed by atoms with Gasteiger partial charge in [0.25, 0.3) is 5.92 Å². The van der Waals surface area contributed by atoms with Gasteiger partial charge in [-0.1, -0.05) is 28.9 Å². The minimum atomic E-state index is -3.10. The third-order valence-electron chi connectivity index (χ3n) is 2.34. The Morgan fingerprint density at radius 3 is 2.72 bits per heavy atom. The summed E-state index contributed by atoms with van der Waals surface area (Å²) >= 11 is 5.81. The van der Waals surface area contributed by atoms with Crippen LogP contribution in [0.1, 0.15) is 18.4 Å². The van der Waals surface area contributed by atoms with Crippen molar-refractivity contribution in [2.45, 2.75) is 19.4 Å². The van der Waals surface area contributed by atoms with Gasteiger partial charge in [-0.3, -0.25) is 0 Å². The predicted octanol–water partition coefficient (Wildman–Crippen LogP) is 2.96. The molecule has 0 aliphatic carbocycles. The molecule has 0 unspecified atom stereocenters. The van der Waals surface area contributed by atoms with E-state index in [0.717, 1.165) is 6.92 Å². The summed E-state index contributed by atoms with van der Waals surface area (Å²) in [6.07, 6.45) is 0. The van der Waals surface area contributed by atoms with Gasteiger partial charge in [-0.05, 0) is 6.07 Å². The van der Waals surface area contributed by atoms with Crippen molar-refractivity contribution in [3.63, 3.8) is 0 Å². The average Bonchev–Trinajstić information content (AvgIpc) is 2.75. The molecule has 0 fully saturated rings. The van der Waals surface area contributed by atoms with Gasteiger partial charge in [0.2, 0.25) is 11.7 Å². The summed E-state index contributed by atoms with van der Waals surface area (Å²) in [4.78, 5) is 3.92. The lowest BCUT2D eigenvalue weighted by molar-refractivity contribution is 0.0181. The highest BCUT2D eigenvalue weighted by Crippen LogP contribution is 2.39. The Kier molecular flexibility index (Phi) is 3.32. The van der Waals surface area contributed by atoms with Crippen LogP contribution >= 0.6 is 11.6 Å². The van der Waals surface area contributed by atoms with Gasteiger partial charge in [-0.15, -0.1) is 0 Å². The van der Waals surface area contributed by atoms with Crippen LogP contribution < -0.4 is 5.73 Å². The lowest BCUT2D eigenvalue weighted by Crippen LogP contribution is -2.10. The zero-order chi connectivity index (χ0) is 13.3. The largest absolute Gasteiger partial charge is 0.338 e. The first-order chi connectivity index (χ1) is 8.43. The molecule has 0 bridgehead atoms. The first kappa shape index (κ1) is 12.9. The van der Waals surface area contributed by atoms with Gasteiger partial charge >= 0.3 is 0 Å². The molecule has 0 atom stereocenters. The third-order valence-corrected chi connectivity index (χ3v) is 2.65. The second-order valence-electron chi connectivity index (χ2n) is 3.77. The third kappa shape index (κ3) is 2.34. The summed E-state index contributed by atoms with van der Waals surface area (Å²) in [5.41, 5.74) is 5.14. The fraction of sp³-hybridized carbons (Fsp3) is 0.273. The van der Waals surface area contributed by atoms with Gasteiger partial charge < -0.3 is 10.3 Å². The average molecular weight is 274 g/mol. The van der Waals surface area contributed by atoms with E-state index in [1.165, 1.54) is 12.1 Å². The summed E-state index contributed by atoms with van der Waals surface area (Å²) in [6, 6.07) is 4.40. The lowest BCUT2D eigenvalue weighted by Gasteiger charge is -2.15. The van der Waals surface area contributed by atoms with Gasteiger partial charge in [0.15, 0.2) is 0 Å². The Bertz CT molecular complexity index is 566. The van der Waals surface area contributed by atoms with Crippen molar-refractivity contribution in [3.8, 4) is 11.4 Å². The molecule has 1 aromatic carbocycles. The number of rotatable bonds is 3. The second kappa shape index (κ2) is 4.62. The van der Waals surface area contributed by atoms with Crippen LogP contribution in [0.25, 0.3) is 11.4 Å². The molecule has 1 heterocycles. The van der Waals surface area contributed by atoms with Crippen LogP contribution in [0.5, 0.6) is 0 Å². The molecule has 2 rings (SSSR count). The number of benzene rings is 1. The van der Waals surface area contributed by atoms with E-state index in [-0.39, 0.29) is 34.4 Å². The van der Waals surface area contributed by atoms with Gasteiger partial charge in [-0.25, -0.2) is 8.78 Å². The maximum absolute atomic E-state index is 13.6. The molecule has 4 nitrogen and oxygen atoms in total. The monoisotopic (exact) mass is 273 g/mol. The van der Waals surface area contributed by atoms with Crippen molar-refractivity contribution in [1.82, 2.24) is 10.1 Å². The standard InChI is InChI=1S/C11H10ClF2N3O/c1-11(13,14)9-6(3-2-4-7(9)12)10-16-8(5-15)18-17-10/h2-4H,5,15H2,1H3. The Labute approximate surface area is 107 Å². The zero-order valence-electron chi connectivity index (χ0n) is 9.45. The normalized spacial score (nSPS) is 11.8. The van der Waals surface area contributed by atoms with Crippen molar-refractivity contribution in [3.05, 3.63) is 34.7 Å². The van der Waals surface area contributed by atoms with E-state index < -0.39 is 5.92 Å². The molecular formula is C11H10ClF2N3O. The van der Waals surface area contributed by atoms with E-state index >= 15 is 0 Å². The van der Waals surface area contributed by atoms with E-state index in [1.54, 1.807) is 6.07 Å². The Morgan fingerprint density at radius 2 is 2.17 bits per heavy atom. The topological polar surface area (TPSA) is 64.9 Å². The predicted molar refractivity (Wildman–Crippen MR) is 62.2 cm³/mol. The minimum absolute atomic E-state index is 0.0425. The van der Waals surface area contributed by atoms with Crippen molar-refractivity contribution >= 4 is 11.6 Å². The highest BCUT2D eigenvalue weighted by atomic mass is 35.5. The number of hydrogen-bond donors (Lipinski definition) is 1. The van der Waals surface area contributed by atoms with Crippen molar-refractivity contribution in [2.75, 3.05) is 0 Å². The molecule has 0 saturated heterocycles. The molecule has 18 heavy (non-hydrogen) atoms. The number of alkyl halides is 2. The smallest absolute Gasteiger partial charge is 0.272 e. The molecule has 0 aliphatic rings. The van der Waals surface area contributed by atoms with Crippen LogP contribution in [0, 0.1) is 0 Å². The molecule has 2 aromatic rings. The summed E-state index contributed by atoms with van der Waals surface area (Å²) in [5, 5.41) is 3.57. The summed E-state index contributed by atoms with van der Waals surface area (Å²) in [6.45, 7) is 0.813. The first-order valence-corrected chi connectivity index (χ1v) is 5.51. The molecule has 96 valence electrons. The summed E-state index contributed by atoms with van der Waals surface area (Å²) in [7, 11) is 0. The van der Waals surface area contributed by atoms with Gasteiger partial charge in [0.05, 0.1) is 17.1 Å². The molecule has 0 radical (unpaired) electrons. The summed E-state index contributed by atoms with van der Waals surface area (Å²) in [5.74, 6) is -2.87. The van der Waals surface area contributed by atoms with Crippen molar-refractivity contribution in [2.24, 2.45) is 5.73 Å². The first-order valence-electron chi connectivity index (χ1n) is 5.13. The summed E-state index contributed by atoms with van der Waals surface area (Å²) < 4.78 is 31.9. The van der Waals surface area contributed by atoms with E-state index in [9.17, 15) is 8.78 Å². The van der Waals surface area contributed by atoms with E-state index in [4.69, 9.17) is 21.9 Å². The van der Waals surface area contributed by atoms with Crippen LogP contribution in [0.3, 0.4) is 0 Å². The van der Waals surface area contributed by atoms with E-state index in [1.807, 2.05) is 0 Å². The quantitative estimate of drug-likeness (QED) is 0.934. The molecule has 0 saturated carbocycles. The number of halogens is 3. The lowest BCUT2D eigenvalue weighted by atomic mass is 10.0. The SMILES string of the molecule is CC(F)(F)c1c(Cl)cccc1-c1noc(CN)n1. The van der Waals surface area contributed by atoms with Crippen LogP contribution in [0.4, 0.5) is 8.78 Å². The highest BCUT2D eigenvalue weighted by molar-refractivity contribution is 6.31. The Morgan fingerprint density at radius 1 is 1.44 bits per heavy atom. The maximum Gasteiger partial charge on any atom is 0.272 e. The zero-order valence-corrected chi connectivity index (χ0v) is 10.2. The fourth-order valence-electron chi connectivity index (χ4n) is 1.60. The molecule has 7 heteroatoms. The minimum Gasteiger partial charge on any atom is -0.338 e. The van der Waals surface area contributed by atoms with E-state index in [2.05, 4.69) is 10.1 Å². The number of hydrogen-bond acceptors (Lipinski definition) is 4. The van der Waals surface area contributed by atoms with Crippen molar-refractivity contribution < 1.29 is 13.3 Å². The highest BCUT2D eigenvalue weighted by Gasteiger charge is 2.32. The fourth-order valence-corrected chi connectivity index (χ4v) is 1.94.